The molecule has 0 unspecified atom stereocenters. The Labute approximate surface area is 114 Å². The Morgan fingerprint density at radius 1 is 0.842 bits per heavy atom. The molecule has 0 aliphatic heterocycles. The van der Waals surface area contributed by atoms with Gasteiger partial charge < -0.3 is 5.11 Å². The molecule has 0 aliphatic rings. The first-order valence-electron chi connectivity index (χ1n) is 6.50. The van der Waals surface area contributed by atoms with Crippen LogP contribution in [0.15, 0.2) is 60.7 Å². The van der Waals surface area contributed by atoms with Gasteiger partial charge >= 0.3 is 5.97 Å². The van der Waals surface area contributed by atoms with Gasteiger partial charge in [-0.15, -0.1) is 0 Å². The maximum atomic E-state index is 11.6. The molecule has 2 rings (SSSR count). The van der Waals surface area contributed by atoms with E-state index in [0.29, 0.717) is 0 Å². The van der Waals surface area contributed by atoms with E-state index in [4.69, 9.17) is 0 Å². The van der Waals surface area contributed by atoms with Crippen LogP contribution in [0.3, 0.4) is 0 Å². The van der Waals surface area contributed by atoms with Crippen LogP contribution in [-0.4, -0.2) is 11.1 Å². The van der Waals surface area contributed by atoms with Gasteiger partial charge in [0.15, 0.2) is 0 Å². The summed E-state index contributed by atoms with van der Waals surface area (Å²) in [5, 5.41) is 9.54. The SMILES string of the molecule is CC.CC(C(=O)O)(c1ccccc1)c1ccccc1. The molecule has 2 aromatic carbocycles. The fourth-order valence-electron chi connectivity index (χ4n) is 1.96. The van der Waals surface area contributed by atoms with Crippen LogP contribution in [0.4, 0.5) is 0 Å². The molecular formula is C17H20O2. The molecule has 2 heteroatoms. The first-order valence-corrected chi connectivity index (χ1v) is 6.50. The number of aliphatic carboxylic acids is 1. The summed E-state index contributed by atoms with van der Waals surface area (Å²) in [7, 11) is 0. The van der Waals surface area contributed by atoms with Crippen LogP contribution in [0.1, 0.15) is 31.9 Å². The lowest BCUT2D eigenvalue weighted by molar-refractivity contribution is -0.141. The molecule has 100 valence electrons. The second-order valence-corrected chi connectivity index (χ2v) is 4.16. The minimum atomic E-state index is -0.998. The predicted molar refractivity (Wildman–Crippen MR) is 78.3 cm³/mol. The summed E-state index contributed by atoms with van der Waals surface area (Å²) in [6, 6.07) is 18.6. The first kappa shape index (κ1) is 15.0. The number of carbonyl (C=O) groups is 1. The molecule has 1 N–H and O–H groups in total. The van der Waals surface area contributed by atoms with Gasteiger partial charge in [-0.2, -0.15) is 0 Å². The van der Waals surface area contributed by atoms with E-state index in [-0.39, 0.29) is 0 Å². The fraction of sp³-hybridized carbons (Fsp3) is 0.235. The normalized spacial score (nSPS) is 10.3. The third kappa shape index (κ3) is 3.02. The van der Waals surface area contributed by atoms with Crippen LogP contribution in [0, 0.1) is 0 Å². The summed E-state index contributed by atoms with van der Waals surface area (Å²) >= 11 is 0. The molecular weight excluding hydrogens is 236 g/mol. The highest BCUT2D eigenvalue weighted by Crippen LogP contribution is 2.31. The van der Waals surface area contributed by atoms with Crippen LogP contribution in [0.25, 0.3) is 0 Å². The topological polar surface area (TPSA) is 37.3 Å². The second kappa shape index (κ2) is 6.74. The summed E-state index contributed by atoms with van der Waals surface area (Å²) in [6.07, 6.45) is 0. The van der Waals surface area contributed by atoms with Crippen LogP contribution < -0.4 is 0 Å². The molecule has 0 saturated carbocycles. The fourth-order valence-corrected chi connectivity index (χ4v) is 1.96. The zero-order valence-electron chi connectivity index (χ0n) is 11.6. The lowest BCUT2D eigenvalue weighted by Gasteiger charge is -2.25. The van der Waals surface area contributed by atoms with E-state index in [1.165, 1.54) is 0 Å². The van der Waals surface area contributed by atoms with E-state index in [2.05, 4.69) is 0 Å². The van der Waals surface area contributed by atoms with Crippen molar-refractivity contribution in [3.63, 3.8) is 0 Å². The van der Waals surface area contributed by atoms with Crippen molar-refractivity contribution in [2.45, 2.75) is 26.2 Å². The predicted octanol–water partition coefficient (Wildman–Crippen LogP) is 4.10. The largest absolute Gasteiger partial charge is 0.480 e. The second-order valence-electron chi connectivity index (χ2n) is 4.16. The monoisotopic (exact) mass is 256 g/mol. The third-order valence-electron chi connectivity index (χ3n) is 3.13. The molecule has 0 fully saturated rings. The highest BCUT2D eigenvalue weighted by molar-refractivity contribution is 5.85. The van der Waals surface area contributed by atoms with Gasteiger partial charge in [-0.3, -0.25) is 4.79 Å². The molecule has 0 radical (unpaired) electrons. The van der Waals surface area contributed by atoms with Crippen LogP contribution in [-0.2, 0) is 10.2 Å². The number of carboxylic acids is 1. The van der Waals surface area contributed by atoms with Gasteiger partial charge in [0.25, 0.3) is 0 Å². The molecule has 19 heavy (non-hydrogen) atoms. The van der Waals surface area contributed by atoms with Crippen molar-refractivity contribution in [1.29, 1.82) is 0 Å². The Kier molecular flexibility index (Phi) is 5.31. The van der Waals surface area contributed by atoms with Gasteiger partial charge in [-0.25, -0.2) is 0 Å². The average molecular weight is 256 g/mol. The molecule has 0 atom stereocenters. The van der Waals surface area contributed by atoms with Crippen LogP contribution in [0.2, 0.25) is 0 Å². The van der Waals surface area contributed by atoms with E-state index in [1.807, 2.05) is 74.5 Å². The highest BCUT2D eigenvalue weighted by Gasteiger charge is 2.36. The molecule has 0 spiro atoms. The van der Waals surface area contributed by atoms with Crippen molar-refractivity contribution >= 4 is 5.97 Å². The summed E-state index contributed by atoms with van der Waals surface area (Å²) in [4.78, 5) is 11.6. The van der Waals surface area contributed by atoms with Gasteiger partial charge in [0.2, 0.25) is 0 Å². The van der Waals surface area contributed by atoms with Crippen molar-refractivity contribution in [3.8, 4) is 0 Å². The van der Waals surface area contributed by atoms with E-state index in [0.717, 1.165) is 11.1 Å². The molecule has 0 heterocycles. The lowest BCUT2D eigenvalue weighted by Crippen LogP contribution is -2.33. The van der Waals surface area contributed by atoms with Crippen molar-refractivity contribution in [2.24, 2.45) is 0 Å². The smallest absolute Gasteiger partial charge is 0.318 e. The molecule has 2 nitrogen and oxygen atoms in total. The van der Waals surface area contributed by atoms with Crippen molar-refractivity contribution in [2.75, 3.05) is 0 Å². The molecule has 0 bridgehead atoms. The van der Waals surface area contributed by atoms with E-state index in [1.54, 1.807) is 6.92 Å². The minimum Gasteiger partial charge on any atom is -0.480 e. The maximum Gasteiger partial charge on any atom is 0.318 e. The number of hydrogen-bond acceptors (Lipinski definition) is 1. The van der Waals surface area contributed by atoms with Crippen LogP contribution in [0.5, 0.6) is 0 Å². The Hall–Kier alpha value is -2.09. The van der Waals surface area contributed by atoms with Gasteiger partial charge in [0.05, 0.1) is 0 Å². The van der Waals surface area contributed by atoms with E-state index >= 15 is 0 Å². The van der Waals surface area contributed by atoms with Gasteiger partial charge in [0, 0.05) is 0 Å². The van der Waals surface area contributed by atoms with E-state index in [9.17, 15) is 9.90 Å². The summed E-state index contributed by atoms with van der Waals surface area (Å²) in [5.74, 6) is -0.838. The first-order chi connectivity index (χ1) is 9.15. The summed E-state index contributed by atoms with van der Waals surface area (Å²) in [5.41, 5.74) is 0.583. The molecule has 0 aromatic heterocycles. The summed E-state index contributed by atoms with van der Waals surface area (Å²) in [6.45, 7) is 5.74. The minimum absolute atomic E-state index is 0.790. The number of carboxylic acid groups (broad SMARTS) is 1. The van der Waals surface area contributed by atoms with Gasteiger partial charge in [-0.1, -0.05) is 74.5 Å². The number of benzene rings is 2. The van der Waals surface area contributed by atoms with Gasteiger partial charge in [0.1, 0.15) is 5.41 Å². The van der Waals surface area contributed by atoms with Crippen molar-refractivity contribution in [1.82, 2.24) is 0 Å². The highest BCUT2D eigenvalue weighted by atomic mass is 16.4. The maximum absolute atomic E-state index is 11.6. The Morgan fingerprint density at radius 2 is 1.16 bits per heavy atom. The standard InChI is InChI=1S/C15H14O2.C2H6/c1-15(14(16)17,12-8-4-2-5-9-12)13-10-6-3-7-11-13;1-2/h2-11H,1H3,(H,16,17);1-2H3. The summed E-state index contributed by atoms with van der Waals surface area (Å²) < 4.78 is 0. The Morgan fingerprint density at radius 3 is 1.42 bits per heavy atom. The third-order valence-corrected chi connectivity index (χ3v) is 3.13. The van der Waals surface area contributed by atoms with Crippen molar-refractivity contribution < 1.29 is 9.90 Å². The molecule has 2 aromatic rings. The van der Waals surface area contributed by atoms with E-state index < -0.39 is 11.4 Å². The van der Waals surface area contributed by atoms with Crippen LogP contribution >= 0.6 is 0 Å². The number of rotatable bonds is 3. The molecule has 0 amide bonds. The molecule has 0 aliphatic carbocycles. The Balaban J connectivity index is 0.000000861. The zero-order chi connectivity index (χ0) is 14.3. The average Bonchev–Trinajstić information content (AvgIpc) is 2.50. The quantitative estimate of drug-likeness (QED) is 0.897. The van der Waals surface area contributed by atoms with Gasteiger partial charge in [-0.05, 0) is 18.1 Å². The zero-order valence-corrected chi connectivity index (χ0v) is 11.6. The number of hydrogen-bond donors (Lipinski definition) is 1. The van der Waals surface area contributed by atoms with Crippen molar-refractivity contribution in [3.05, 3.63) is 71.8 Å². The Bertz CT molecular complexity index is 464. The molecule has 0 saturated heterocycles. The lowest BCUT2D eigenvalue weighted by atomic mass is 9.76.